The molecule has 2 aromatic rings. The normalized spacial score (nSPS) is 12.9. The standard InChI is InChI=1S/C10H7F5N4O2/c1-2-4-3-5-16-17-7(8(20)21)19(5)18-6(4)9(11,12)10(13,14)15/h3H,2H2,1H3,(H,20,21). The molecule has 0 bridgehead atoms. The summed E-state index contributed by atoms with van der Waals surface area (Å²) in [6.45, 7) is 1.36. The van der Waals surface area contributed by atoms with Crippen molar-refractivity contribution in [2.24, 2.45) is 0 Å². The number of halogens is 5. The predicted molar refractivity (Wildman–Crippen MR) is 57.1 cm³/mol. The number of carboxylic acids is 1. The minimum Gasteiger partial charge on any atom is -0.475 e. The van der Waals surface area contributed by atoms with Gasteiger partial charge in [0.05, 0.1) is 0 Å². The number of fused-ring (bicyclic) bond motifs is 1. The van der Waals surface area contributed by atoms with Gasteiger partial charge < -0.3 is 5.11 Å². The summed E-state index contributed by atoms with van der Waals surface area (Å²) >= 11 is 0. The van der Waals surface area contributed by atoms with Crippen LogP contribution in [0, 0.1) is 0 Å². The number of aryl methyl sites for hydroxylation is 1. The van der Waals surface area contributed by atoms with E-state index in [1.807, 2.05) is 0 Å². The van der Waals surface area contributed by atoms with E-state index in [0.29, 0.717) is 4.52 Å². The van der Waals surface area contributed by atoms with Crippen molar-refractivity contribution in [2.45, 2.75) is 25.4 Å². The van der Waals surface area contributed by atoms with Crippen molar-refractivity contribution >= 4 is 11.6 Å². The lowest BCUT2D eigenvalue weighted by Gasteiger charge is -2.21. The molecule has 0 aliphatic rings. The molecule has 0 aliphatic carbocycles. The Balaban J connectivity index is 2.78. The molecular formula is C10H7F5N4O2. The Labute approximate surface area is 113 Å². The fourth-order valence-corrected chi connectivity index (χ4v) is 1.67. The van der Waals surface area contributed by atoms with Gasteiger partial charge in [0.25, 0.3) is 5.82 Å². The summed E-state index contributed by atoms with van der Waals surface area (Å²) in [6, 6.07) is 0.904. The fraction of sp³-hybridized carbons (Fsp3) is 0.400. The van der Waals surface area contributed by atoms with Crippen LogP contribution in [0.5, 0.6) is 0 Å². The first-order valence-electron chi connectivity index (χ1n) is 5.53. The summed E-state index contributed by atoms with van der Waals surface area (Å²) in [5.41, 5.74) is -2.19. The Morgan fingerprint density at radius 2 is 1.90 bits per heavy atom. The second-order valence-electron chi connectivity index (χ2n) is 4.04. The molecule has 21 heavy (non-hydrogen) atoms. The lowest BCUT2D eigenvalue weighted by atomic mass is 10.1. The monoisotopic (exact) mass is 310 g/mol. The van der Waals surface area contributed by atoms with Crippen molar-refractivity contribution in [3.8, 4) is 0 Å². The molecule has 0 aliphatic heterocycles. The molecule has 0 aromatic carbocycles. The molecule has 0 amide bonds. The molecule has 0 fully saturated rings. The molecule has 2 heterocycles. The van der Waals surface area contributed by atoms with Crippen LogP contribution in [-0.4, -0.2) is 37.1 Å². The summed E-state index contributed by atoms with van der Waals surface area (Å²) in [7, 11) is 0. The summed E-state index contributed by atoms with van der Waals surface area (Å²) in [5.74, 6) is -7.72. The smallest absolute Gasteiger partial charge is 0.459 e. The van der Waals surface area contributed by atoms with E-state index in [1.54, 1.807) is 0 Å². The highest BCUT2D eigenvalue weighted by atomic mass is 19.4. The zero-order valence-corrected chi connectivity index (χ0v) is 10.3. The number of aromatic nitrogens is 4. The van der Waals surface area contributed by atoms with E-state index in [-0.39, 0.29) is 12.1 Å². The van der Waals surface area contributed by atoms with Crippen molar-refractivity contribution in [1.29, 1.82) is 0 Å². The van der Waals surface area contributed by atoms with Crippen LogP contribution in [0.25, 0.3) is 5.65 Å². The average Bonchev–Trinajstić information content (AvgIpc) is 2.78. The highest BCUT2D eigenvalue weighted by molar-refractivity contribution is 5.84. The minimum absolute atomic E-state index is 0.167. The van der Waals surface area contributed by atoms with Crippen LogP contribution in [0.15, 0.2) is 6.07 Å². The zero-order valence-electron chi connectivity index (χ0n) is 10.3. The van der Waals surface area contributed by atoms with Crippen LogP contribution in [0.3, 0.4) is 0 Å². The van der Waals surface area contributed by atoms with Gasteiger partial charge in [-0.05, 0) is 18.1 Å². The van der Waals surface area contributed by atoms with Gasteiger partial charge in [-0.2, -0.15) is 31.6 Å². The number of hydrogen-bond acceptors (Lipinski definition) is 4. The molecule has 114 valence electrons. The molecule has 1 N–H and O–H groups in total. The summed E-state index contributed by atoms with van der Waals surface area (Å²) in [5, 5.41) is 18.4. The number of rotatable bonds is 3. The van der Waals surface area contributed by atoms with E-state index in [0.717, 1.165) is 6.07 Å². The van der Waals surface area contributed by atoms with Crippen molar-refractivity contribution in [1.82, 2.24) is 19.8 Å². The van der Waals surface area contributed by atoms with Gasteiger partial charge >= 0.3 is 18.1 Å². The van der Waals surface area contributed by atoms with Crippen molar-refractivity contribution < 1.29 is 31.9 Å². The highest BCUT2D eigenvalue weighted by Gasteiger charge is 2.61. The van der Waals surface area contributed by atoms with Crippen molar-refractivity contribution in [3.63, 3.8) is 0 Å². The molecule has 0 saturated carbocycles. The van der Waals surface area contributed by atoms with Gasteiger partial charge in [-0.3, -0.25) is 0 Å². The molecule has 11 heteroatoms. The molecular weight excluding hydrogens is 303 g/mol. The van der Waals surface area contributed by atoms with E-state index in [1.165, 1.54) is 6.92 Å². The zero-order chi connectivity index (χ0) is 16.0. The summed E-state index contributed by atoms with van der Waals surface area (Å²) in [6.07, 6.45) is -6.02. The molecule has 0 saturated heterocycles. The maximum Gasteiger partial charge on any atom is 0.459 e. The first-order valence-corrected chi connectivity index (χ1v) is 5.53. The number of nitrogens with zero attached hydrogens (tertiary/aromatic N) is 4. The first kappa shape index (κ1) is 15.1. The van der Waals surface area contributed by atoms with Gasteiger partial charge in [0.15, 0.2) is 5.65 Å². The van der Waals surface area contributed by atoms with Crippen molar-refractivity contribution in [3.05, 3.63) is 23.1 Å². The van der Waals surface area contributed by atoms with Gasteiger partial charge in [0, 0.05) is 0 Å². The van der Waals surface area contributed by atoms with Gasteiger partial charge in [0.1, 0.15) is 5.69 Å². The van der Waals surface area contributed by atoms with Gasteiger partial charge in [-0.1, -0.05) is 6.92 Å². The van der Waals surface area contributed by atoms with E-state index < -0.39 is 35.1 Å². The van der Waals surface area contributed by atoms with E-state index in [4.69, 9.17) is 5.11 Å². The van der Waals surface area contributed by atoms with Gasteiger partial charge in [-0.25, -0.2) is 4.79 Å². The SMILES string of the molecule is CCc1cc2nnc(C(=O)O)n2nc1C(F)(F)C(F)(F)F. The van der Waals surface area contributed by atoms with E-state index >= 15 is 0 Å². The molecule has 2 rings (SSSR count). The Morgan fingerprint density at radius 3 is 2.38 bits per heavy atom. The average molecular weight is 310 g/mol. The number of carboxylic acid groups (broad SMARTS) is 1. The second kappa shape index (κ2) is 4.60. The second-order valence-corrected chi connectivity index (χ2v) is 4.04. The van der Waals surface area contributed by atoms with Gasteiger partial charge in [0.2, 0.25) is 0 Å². The molecule has 0 atom stereocenters. The van der Waals surface area contributed by atoms with Crippen LogP contribution in [0.4, 0.5) is 22.0 Å². The predicted octanol–water partition coefficient (Wildman–Crippen LogP) is 2.04. The molecule has 2 aromatic heterocycles. The third kappa shape index (κ3) is 2.28. The maximum atomic E-state index is 13.5. The fourth-order valence-electron chi connectivity index (χ4n) is 1.67. The quantitative estimate of drug-likeness (QED) is 0.878. The van der Waals surface area contributed by atoms with Crippen LogP contribution in [0.2, 0.25) is 0 Å². The number of carbonyl (C=O) groups is 1. The van der Waals surface area contributed by atoms with Crippen LogP contribution < -0.4 is 0 Å². The molecule has 0 radical (unpaired) electrons. The third-order valence-electron chi connectivity index (χ3n) is 2.70. The number of hydrogen-bond donors (Lipinski definition) is 1. The Kier molecular flexibility index (Phi) is 3.30. The molecule has 0 spiro atoms. The summed E-state index contributed by atoms with van der Waals surface area (Å²) < 4.78 is 64.7. The first-order chi connectivity index (χ1) is 9.59. The van der Waals surface area contributed by atoms with Crippen LogP contribution >= 0.6 is 0 Å². The summed E-state index contributed by atoms with van der Waals surface area (Å²) in [4.78, 5) is 10.8. The van der Waals surface area contributed by atoms with E-state index in [2.05, 4.69) is 15.3 Å². The van der Waals surface area contributed by atoms with E-state index in [9.17, 15) is 26.7 Å². The Hall–Kier alpha value is -2.33. The molecule has 6 nitrogen and oxygen atoms in total. The number of aromatic carboxylic acids is 1. The van der Waals surface area contributed by atoms with Crippen LogP contribution in [-0.2, 0) is 12.3 Å². The molecule has 0 unspecified atom stereocenters. The minimum atomic E-state index is -5.85. The lowest BCUT2D eigenvalue weighted by Crippen LogP contribution is -2.36. The Bertz CT molecular complexity index is 709. The van der Waals surface area contributed by atoms with Crippen molar-refractivity contribution in [2.75, 3.05) is 0 Å². The maximum absolute atomic E-state index is 13.5. The Morgan fingerprint density at radius 1 is 1.29 bits per heavy atom. The highest BCUT2D eigenvalue weighted by Crippen LogP contribution is 2.44. The lowest BCUT2D eigenvalue weighted by molar-refractivity contribution is -0.291. The topological polar surface area (TPSA) is 80.4 Å². The number of alkyl halides is 5. The van der Waals surface area contributed by atoms with Gasteiger partial charge in [-0.15, -0.1) is 10.2 Å². The largest absolute Gasteiger partial charge is 0.475 e. The van der Waals surface area contributed by atoms with Crippen LogP contribution in [0.1, 0.15) is 28.8 Å². The third-order valence-corrected chi connectivity index (χ3v) is 2.70.